The number of fused-ring (bicyclic) bond motifs is 1. The Morgan fingerprint density at radius 1 is 1.11 bits per heavy atom. The fraction of sp³-hybridized carbons (Fsp3) is 0.500. The number of para-hydroxylation sites is 1. The van der Waals surface area contributed by atoms with Gasteiger partial charge in [0.05, 0.1) is 0 Å². The third kappa shape index (κ3) is 2.99. The summed E-state index contributed by atoms with van der Waals surface area (Å²) in [7, 11) is 0. The molecular weight excluding hydrogens is 238 g/mol. The summed E-state index contributed by atoms with van der Waals surface area (Å²) in [5.74, 6) is 0.686. The molecule has 0 saturated carbocycles. The van der Waals surface area contributed by atoms with Crippen LogP contribution >= 0.6 is 0 Å². The standard InChI is InChI=1S/C16H21NO2/c18-14(12-17-9-5-1-2-6-10-17)16-11-13-7-3-4-8-15(13)19-16/h3-4,7-8,11,14,18H,1-2,5-6,9-10,12H2. The number of hydrogen-bond acceptors (Lipinski definition) is 3. The summed E-state index contributed by atoms with van der Waals surface area (Å²) < 4.78 is 5.73. The van der Waals surface area contributed by atoms with E-state index in [1.165, 1.54) is 25.7 Å². The van der Waals surface area contributed by atoms with Crippen molar-refractivity contribution in [3.63, 3.8) is 0 Å². The number of aliphatic hydroxyl groups excluding tert-OH is 1. The van der Waals surface area contributed by atoms with E-state index < -0.39 is 6.10 Å². The molecule has 1 aromatic heterocycles. The highest BCUT2D eigenvalue weighted by Crippen LogP contribution is 2.24. The maximum absolute atomic E-state index is 10.3. The largest absolute Gasteiger partial charge is 0.458 e. The second kappa shape index (κ2) is 5.76. The minimum atomic E-state index is -0.523. The van der Waals surface area contributed by atoms with Gasteiger partial charge in [-0.2, -0.15) is 0 Å². The minimum absolute atomic E-state index is 0.523. The van der Waals surface area contributed by atoms with Crippen molar-refractivity contribution in [2.75, 3.05) is 19.6 Å². The molecule has 0 amide bonds. The first-order chi connectivity index (χ1) is 9.33. The SMILES string of the molecule is OC(CN1CCCCCC1)c1cc2ccccc2o1. The van der Waals surface area contributed by atoms with E-state index in [0.29, 0.717) is 12.3 Å². The second-order valence-electron chi connectivity index (χ2n) is 5.42. The first-order valence-corrected chi connectivity index (χ1v) is 7.22. The van der Waals surface area contributed by atoms with Gasteiger partial charge in [0.2, 0.25) is 0 Å². The van der Waals surface area contributed by atoms with Crippen LogP contribution < -0.4 is 0 Å². The van der Waals surface area contributed by atoms with Crippen LogP contribution in [0.1, 0.15) is 37.5 Å². The smallest absolute Gasteiger partial charge is 0.135 e. The molecule has 1 fully saturated rings. The first kappa shape index (κ1) is 12.7. The van der Waals surface area contributed by atoms with Crippen molar-refractivity contribution in [1.29, 1.82) is 0 Å². The Morgan fingerprint density at radius 2 is 1.84 bits per heavy atom. The van der Waals surface area contributed by atoms with E-state index in [1.54, 1.807) is 0 Å². The monoisotopic (exact) mass is 259 g/mol. The summed E-state index contributed by atoms with van der Waals surface area (Å²) in [5.41, 5.74) is 0.854. The summed E-state index contributed by atoms with van der Waals surface area (Å²) in [6, 6.07) is 9.86. The Morgan fingerprint density at radius 3 is 2.58 bits per heavy atom. The molecule has 1 aliphatic rings. The number of likely N-dealkylation sites (tertiary alicyclic amines) is 1. The summed E-state index contributed by atoms with van der Waals surface area (Å²) in [6.45, 7) is 2.87. The van der Waals surface area contributed by atoms with Gasteiger partial charge in [-0.3, -0.25) is 0 Å². The van der Waals surface area contributed by atoms with E-state index in [2.05, 4.69) is 4.90 Å². The van der Waals surface area contributed by atoms with Crippen molar-refractivity contribution in [3.8, 4) is 0 Å². The Balaban J connectivity index is 1.70. The fourth-order valence-corrected chi connectivity index (χ4v) is 2.82. The zero-order valence-corrected chi connectivity index (χ0v) is 11.2. The van der Waals surface area contributed by atoms with Crippen LogP contribution in [0.25, 0.3) is 11.0 Å². The predicted molar refractivity (Wildman–Crippen MR) is 76.1 cm³/mol. The molecule has 1 N–H and O–H groups in total. The molecule has 0 bridgehead atoms. The first-order valence-electron chi connectivity index (χ1n) is 7.22. The minimum Gasteiger partial charge on any atom is -0.458 e. The molecule has 1 atom stereocenters. The van der Waals surface area contributed by atoms with Gasteiger partial charge in [0, 0.05) is 11.9 Å². The van der Waals surface area contributed by atoms with Gasteiger partial charge in [-0.05, 0) is 38.1 Å². The number of β-amino-alcohol motifs (C(OH)–C–C–N with tert-alkyl or cyclic N) is 1. The van der Waals surface area contributed by atoms with E-state index in [0.717, 1.165) is 24.1 Å². The van der Waals surface area contributed by atoms with Crippen molar-refractivity contribution < 1.29 is 9.52 Å². The van der Waals surface area contributed by atoms with Gasteiger partial charge in [0.1, 0.15) is 17.4 Å². The molecule has 0 radical (unpaired) electrons. The maximum atomic E-state index is 10.3. The topological polar surface area (TPSA) is 36.6 Å². The van der Waals surface area contributed by atoms with Gasteiger partial charge in [0.25, 0.3) is 0 Å². The summed E-state index contributed by atoms with van der Waals surface area (Å²) in [6.07, 6.45) is 4.60. The van der Waals surface area contributed by atoms with Crippen LogP contribution in [0.3, 0.4) is 0 Å². The summed E-state index contributed by atoms with van der Waals surface area (Å²) in [5, 5.41) is 11.4. The van der Waals surface area contributed by atoms with Crippen molar-refractivity contribution in [2.24, 2.45) is 0 Å². The highest BCUT2D eigenvalue weighted by Gasteiger charge is 2.18. The molecule has 2 aromatic rings. The molecule has 0 aliphatic carbocycles. The van der Waals surface area contributed by atoms with Gasteiger partial charge in [-0.1, -0.05) is 31.0 Å². The van der Waals surface area contributed by atoms with Crippen molar-refractivity contribution in [2.45, 2.75) is 31.8 Å². The van der Waals surface area contributed by atoms with Gasteiger partial charge < -0.3 is 14.4 Å². The lowest BCUT2D eigenvalue weighted by atomic mass is 10.2. The highest BCUT2D eigenvalue weighted by atomic mass is 16.4. The third-order valence-corrected chi connectivity index (χ3v) is 3.90. The molecule has 1 aromatic carbocycles. The average Bonchev–Trinajstić information content (AvgIpc) is 2.70. The number of nitrogens with zero attached hydrogens (tertiary/aromatic N) is 1. The van der Waals surface area contributed by atoms with Crippen LogP contribution in [-0.2, 0) is 0 Å². The van der Waals surface area contributed by atoms with Gasteiger partial charge in [-0.25, -0.2) is 0 Å². The highest BCUT2D eigenvalue weighted by molar-refractivity contribution is 5.77. The van der Waals surface area contributed by atoms with Gasteiger partial charge in [-0.15, -0.1) is 0 Å². The number of rotatable bonds is 3. The lowest BCUT2D eigenvalue weighted by Crippen LogP contribution is -2.29. The maximum Gasteiger partial charge on any atom is 0.135 e. The molecule has 102 valence electrons. The van der Waals surface area contributed by atoms with E-state index >= 15 is 0 Å². The molecule has 1 saturated heterocycles. The lowest BCUT2D eigenvalue weighted by molar-refractivity contribution is 0.0976. The van der Waals surface area contributed by atoms with Crippen molar-refractivity contribution in [1.82, 2.24) is 4.90 Å². The molecule has 2 heterocycles. The van der Waals surface area contributed by atoms with Crippen LogP contribution in [0.5, 0.6) is 0 Å². The lowest BCUT2D eigenvalue weighted by Gasteiger charge is -2.21. The third-order valence-electron chi connectivity index (χ3n) is 3.90. The Hall–Kier alpha value is -1.32. The van der Waals surface area contributed by atoms with Crippen LogP contribution in [-0.4, -0.2) is 29.6 Å². The van der Waals surface area contributed by atoms with Gasteiger partial charge in [0.15, 0.2) is 0 Å². The van der Waals surface area contributed by atoms with Crippen molar-refractivity contribution in [3.05, 3.63) is 36.1 Å². The molecule has 1 aliphatic heterocycles. The van der Waals surface area contributed by atoms with E-state index in [1.807, 2.05) is 30.3 Å². The zero-order valence-electron chi connectivity index (χ0n) is 11.2. The number of aliphatic hydroxyl groups is 1. The molecule has 3 rings (SSSR count). The summed E-state index contributed by atoms with van der Waals surface area (Å²) >= 11 is 0. The molecule has 3 nitrogen and oxygen atoms in total. The van der Waals surface area contributed by atoms with E-state index in [9.17, 15) is 5.11 Å². The summed E-state index contributed by atoms with van der Waals surface area (Å²) in [4.78, 5) is 2.35. The zero-order chi connectivity index (χ0) is 13.1. The predicted octanol–water partition coefficient (Wildman–Crippen LogP) is 3.34. The van der Waals surface area contributed by atoms with E-state index in [4.69, 9.17) is 4.42 Å². The van der Waals surface area contributed by atoms with E-state index in [-0.39, 0.29) is 0 Å². The quantitative estimate of drug-likeness (QED) is 0.918. The number of hydrogen-bond donors (Lipinski definition) is 1. The second-order valence-corrected chi connectivity index (χ2v) is 5.42. The number of furan rings is 1. The van der Waals surface area contributed by atoms with Crippen LogP contribution in [0.2, 0.25) is 0 Å². The number of benzene rings is 1. The normalized spacial score (nSPS) is 19.4. The molecule has 3 heteroatoms. The van der Waals surface area contributed by atoms with Gasteiger partial charge >= 0.3 is 0 Å². The Kier molecular flexibility index (Phi) is 3.85. The van der Waals surface area contributed by atoms with Crippen molar-refractivity contribution >= 4 is 11.0 Å². The average molecular weight is 259 g/mol. The molecular formula is C16H21NO2. The van der Waals surface area contributed by atoms with Crippen LogP contribution in [0, 0.1) is 0 Å². The Labute approximate surface area is 113 Å². The fourth-order valence-electron chi connectivity index (χ4n) is 2.82. The molecule has 0 spiro atoms. The molecule has 19 heavy (non-hydrogen) atoms. The molecule has 1 unspecified atom stereocenters. The Bertz CT molecular complexity index is 493. The van der Waals surface area contributed by atoms with Crippen LogP contribution in [0.15, 0.2) is 34.7 Å². The van der Waals surface area contributed by atoms with Crippen LogP contribution in [0.4, 0.5) is 0 Å².